The second kappa shape index (κ2) is 8.59. The van der Waals surface area contributed by atoms with Gasteiger partial charge in [-0.15, -0.1) is 0 Å². The number of anilines is 1. The zero-order chi connectivity index (χ0) is 15.0. The van der Waals surface area contributed by atoms with Gasteiger partial charge in [0.25, 0.3) is 5.91 Å². The highest BCUT2D eigenvalue weighted by Crippen LogP contribution is 2.16. The van der Waals surface area contributed by atoms with Gasteiger partial charge in [0.15, 0.2) is 0 Å². The molecule has 1 amide bonds. The van der Waals surface area contributed by atoms with Crippen molar-refractivity contribution in [3.63, 3.8) is 0 Å². The fourth-order valence-electron chi connectivity index (χ4n) is 1.91. The summed E-state index contributed by atoms with van der Waals surface area (Å²) in [6.45, 7) is 7.47. The molecular formula is C16H26N2O2. The van der Waals surface area contributed by atoms with E-state index in [1.165, 1.54) is 0 Å². The maximum atomic E-state index is 12.1. The fraction of sp³-hybridized carbons (Fsp3) is 0.562. The molecule has 0 fully saturated rings. The Morgan fingerprint density at radius 1 is 1.30 bits per heavy atom. The van der Waals surface area contributed by atoms with E-state index in [1.54, 1.807) is 0 Å². The van der Waals surface area contributed by atoms with E-state index in [-0.39, 0.29) is 12.0 Å². The van der Waals surface area contributed by atoms with E-state index in [1.807, 2.05) is 46.0 Å². The first kappa shape index (κ1) is 16.5. The first-order valence-corrected chi connectivity index (χ1v) is 7.22. The summed E-state index contributed by atoms with van der Waals surface area (Å²) in [7, 11) is 1.82. The fourth-order valence-corrected chi connectivity index (χ4v) is 1.91. The van der Waals surface area contributed by atoms with Crippen LogP contribution in [0.5, 0.6) is 0 Å². The monoisotopic (exact) mass is 278 g/mol. The normalized spacial score (nSPS) is 10.7. The van der Waals surface area contributed by atoms with Crippen LogP contribution in [0.3, 0.4) is 0 Å². The largest absolute Gasteiger partial charge is 0.387 e. The van der Waals surface area contributed by atoms with Gasteiger partial charge in [0, 0.05) is 25.9 Å². The first-order chi connectivity index (χ1) is 9.54. The van der Waals surface area contributed by atoms with E-state index in [4.69, 9.17) is 4.74 Å². The smallest absolute Gasteiger partial charge is 0.253 e. The number of carbonyl (C=O) groups is 1. The molecule has 0 spiro atoms. The van der Waals surface area contributed by atoms with E-state index in [0.29, 0.717) is 12.1 Å². The lowest BCUT2D eigenvalue weighted by molar-refractivity contribution is 0.0754. The summed E-state index contributed by atoms with van der Waals surface area (Å²) >= 11 is 0. The third-order valence-electron chi connectivity index (χ3n) is 3.00. The second-order valence-corrected chi connectivity index (χ2v) is 5.18. The molecule has 0 saturated heterocycles. The molecule has 0 atom stereocenters. The maximum absolute atomic E-state index is 12.1. The quantitative estimate of drug-likeness (QED) is 0.719. The molecule has 0 aliphatic rings. The van der Waals surface area contributed by atoms with Crippen LogP contribution >= 0.6 is 0 Å². The number of benzene rings is 1. The van der Waals surface area contributed by atoms with Crippen molar-refractivity contribution in [3.05, 3.63) is 29.3 Å². The molecule has 1 rings (SSSR count). The highest BCUT2D eigenvalue weighted by molar-refractivity contribution is 5.99. The topological polar surface area (TPSA) is 50.4 Å². The van der Waals surface area contributed by atoms with Gasteiger partial charge in [-0.1, -0.05) is 11.6 Å². The Kier molecular flexibility index (Phi) is 7.09. The van der Waals surface area contributed by atoms with Crippen molar-refractivity contribution in [1.82, 2.24) is 5.32 Å². The van der Waals surface area contributed by atoms with Crippen LogP contribution in [0.4, 0.5) is 5.69 Å². The molecule has 0 unspecified atom stereocenters. The van der Waals surface area contributed by atoms with Crippen molar-refractivity contribution in [2.45, 2.75) is 39.7 Å². The summed E-state index contributed by atoms with van der Waals surface area (Å²) in [4.78, 5) is 12.1. The molecule has 1 aromatic carbocycles. The predicted octanol–water partition coefficient (Wildman–Crippen LogP) is 2.97. The van der Waals surface area contributed by atoms with Crippen molar-refractivity contribution in [1.29, 1.82) is 0 Å². The number of carbonyl (C=O) groups excluding carboxylic acids is 1. The molecule has 0 aliphatic heterocycles. The first-order valence-electron chi connectivity index (χ1n) is 7.22. The number of ether oxygens (including phenoxy) is 1. The molecular weight excluding hydrogens is 252 g/mol. The number of aryl methyl sites for hydroxylation is 1. The highest BCUT2D eigenvalue weighted by Gasteiger charge is 2.10. The Balaban J connectivity index is 2.37. The van der Waals surface area contributed by atoms with Gasteiger partial charge in [-0.05, 0) is 45.7 Å². The Morgan fingerprint density at radius 3 is 2.70 bits per heavy atom. The SMILES string of the molecule is CNc1ccc(C)cc1C(=O)NCCCCOC(C)C. The van der Waals surface area contributed by atoms with Gasteiger partial charge in [0.05, 0.1) is 11.7 Å². The summed E-state index contributed by atoms with van der Waals surface area (Å²) in [6, 6.07) is 5.83. The van der Waals surface area contributed by atoms with Crippen LogP contribution in [0, 0.1) is 6.92 Å². The van der Waals surface area contributed by atoms with E-state index in [2.05, 4.69) is 10.6 Å². The Hall–Kier alpha value is -1.55. The maximum Gasteiger partial charge on any atom is 0.253 e. The molecule has 112 valence electrons. The van der Waals surface area contributed by atoms with Crippen LogP contribution in [-0.4, -0.2) is 32.2 Å². The molecule has 0 bridgehead atoms. The molecule has 1 aromatic rings. The standard InChI is InChI=1S/C16H26N2O2/c1-12(2)20-10-6-5-9-18-16(19)14-11-13(3)7-8-15(14)17-4/h7-8,11-12,17H,5-6,9-10H2,1-4H3,(H,18,19). The van der Waals surface area contributed by atoms with Crippen molar-refractivity contribution in [2.24, 2.45) is 0 Å². The second-order valence-electron chi connectivity index (χ2n) is 5.18. The molecule has 0 aliphatic carbocycles. The van der Waals surface area contributed by atoms with E-state index < -0.39 is 0 Å². The lowest BCUT2D eigenvalue weighted by atomic mass is 10.1. The Labute approximate surface area is 121 Å². The molecule has 2 N–H and O–H groups in total. The van der Waals surface area contributed by atoms with Crippen molar-refractivity contribution >= 4 is 11.6 Å². The van der Waals surface area contributed by atoms with Crippen molar-refractivity contribution < 1.29 is 9.53 Å². The van der Waals surface area contributed by atoms with Crippen LogP contribution in [0.2, 0.25) is 0 Å². The predicted molar refractivity (Wildman–Crippen MR) is 83.4 cm³/mol. The molecule has 4 heteroatoms. The van der Waals surface area contributed by atoms with Gasteiger partial charge in [-0.2, -0.15) is 0 Å². The highest BCUT2D eigenvalue weighted by atomic mass is 16.5. The molecule has 0 radical (unpaired) electrons. The Morgan fingerprint density at radius 2 is 2.05 bits per heavy atom. The van der Waals surface area contributed by atoms with Crippen molar-refractivity contribution in [3.8, 4) is 0 Å². The van der Waals surface area contributed by atoms with E-state index in [0.717, 1.165) is 30.7 Å². The third-order valence-corrected chi connectivity index (χ3v) is 3.00. The number of hydrogen-bond donors (Lipinski definition) is 2. The minimum absolute atomic E-state index is 0.0252. The zero-order valence-corrected chi connectivity index (χ0v) is 13.0. The summed E-state index contributed by atoms with van der Waals surface area (Å²) in [6.07, 6.45) is 2.17. The molecule has 0 aromatic heterocycles. The molecule has 4 nitrogen and oxygen atoms in total. The van der Waals surface area contributed by atoms with Crippen LogP contribution in [0.1, 0.15) is 42.6 Å². The number of nitrogens with one attached hydrogen (secondary N) is 2. The average molecular weight is 278 g/mol. The lowest BCUT2D eigenvalue weighted by Gasteiger charge is -2.11. The number of rotatable bonds is 8. The van der Waals surface area contributed by atoms with Gasteiger partial charge in [-0.25, -0.2) is 0 Å². The number of amides is 1. The van der Waals surface area contributed by atoms with Crippen LogP contribution < -0.4 is 10.6 Å². The van der Waals surface area contributed by atoms with Crippen molar-refractivity contribution in [2.75, 3.05) is 25.5 Å². The zero-order valence-electron chi connectivity index (χ0n) is 13.0. The lowest BCUT2D eigenvalue weighted by Crippen LogP contribution is -2.25. The van der Waals surface area contributed by atoms with E-state index in [9.17, 15) is 4.79 Å². The van der Waals surface area contributed by atoms with Gasteiger partial charge in [0.1, 0.15) is 0 Å². The molecule has 0 saturated carbocycles. The summed E-state index contributed by atoms with van der Waals surface area (Å²) < 4.78 is 5.46. The van der Waals surface area contributed by atoms with Gasteiger partial charge in [-0.3, -0.25) is 4.79 Å². The Bertz CT molecular complexity index is 430. The van der Waals surface area contributed by atoms with Gasteiger partial charge in [0.2, 0.25) is 0 Å². The minimum atomic E-state index is -0.0252. The summed E-state index contributed by atoms with van der Waals surface area (Å²) in [5.41, 5.74) is 2.64. The van der Waals surface area contributed by atoms with E-state index >= 15 is 0 Å². The molecule has 20 heavy (non-hydrogen) atoms. The van der Waals surface area contributed by atoms with Gasteiger partial charge < -0.3 is 15.4 Å². The summed E-state index contributed by atoms with van der Waals surface area (Å²) in [5.74, 6) is -0.0252. The third kappa shape index (κ3) is 5.61. The average Bonchev–Trinajstić information content (AvgIpc) is 2.42. The van der Waals surface area contributed by atoms with Crippen LogP contribution in [0.25, 0.3) is 0 Å². The molecule has 0 heterocycles. The van der Waals surface area contributed by atoms with Crippen LogP contribution in [0.15, 0.2) is 18.2 Å². The number of unbranched alkanes of at least 4 members (excludes halogenated alkanes) is 1. The minimum Gasteiger partial charge on any atom is -0.387 e. The van der Waals surface area contributed by atoms with Gasteiger partial charge >= 0.3 is 0 Å². The number of hydrogen-bond acceptors (Lipinski definition) is 3. The van der Waals surface area contributed by atoms with Crippen LogP contribution in [-0.2, 0) is 4.74 Å². The summed E-state index contributed by atoms with van der Waals surface area (Å²) in [5, 5.41) is 6.00.